The van der Waals surface area contributed by atoms with Gasteiger partial charge in [-0.15, -0.1) is 0 Å². The van der Waals surface area contributed by atoms with Gasteiger partial charge in [-0.1, -0.05) is 54.6 Å². The largest absolute Gasteiger partial charge is 0.483 e. The monoisotopic (exact) mass is 392 g/mol. The van der Waals surface area contributed by atoms with Crippen molar-refractivity contribution < 1.29 is 19.5 Å². The Balaban J connectivity index is 0.000000755. The van der Waals surface area contributed by atoms with Crippen LogP contribution >= 0.6 is 0 Å². The van der Waals surface area contributed by atoms with Crippen molar-refractivity contribution in [3.63, 3.8) is 0 Å². The van der Waals surface area contributed by atoms with E-state index in [1.165, 1.54) is 0 Å². The predicted octanol–water partition coefficient (Wildman–Crippen LogP) is 2.61. The summed E-state index contributed by atoms with van der Waals surface area (Å²) < 4.78 is 0. The first kappa shape index (κ1) is 19.8. The molecule has 1 unspecified atom stereocenters. The van der Waals surface area contributed by atoms with Crippen LogP contribution < -0.4 is 10.6 Å². The number of aromatic amines is 1. The third-order valence-electron chi connectivity index (χ3n) is 4.67. The zero-order valence-corrected chi connectivity index (χ0v) is 15.7. The maximum Gasteiger partial charge on any atom is 0.290 e. The van der Waals surface area contributed by atoms with Gasteiger partial charge in [-0.2, -0.15) is 5.10 Å². The molecule has 0 fully saturated rings. The zero-order chi connectivity index (χ0) is 20.8. The van der Waals surface area contributed by atoms with Gasteiger partial charge in [0.05, 0.1) is 0 Å². The Hall–Kier alpha value is -3.94. The quantitative estimate of drug-likeness (QED) is 0.510. The second-order valence-electron chi connectivity index (χ2n) is 6.34. The van der Waals surface area contributed by atoms with Crippen molar-refractivity contribution in [2.45, 2.75) is 12.3 Å². The number of rotatable bonds is 3. The molecule has 0 radical (unpaired) electrons. The Labute approximate surface area is 167 Å². The first-order chi connectivity index (χ1) is 14.1. The van der Waals surface area contributed by atoms with Gasteiger partial charge in [-0.05, 0) is 16.7 Å². The number of hydrogen-bond donors (Lipinski definition) is 4. The van der Waals surface area contributed by atoms with Gasteiger partial charge < -0.3 is 15.7 Å². The molecule has 4 rings (SSSR count). The summed E-state index contributed by atoms with van der Waals surface area (Å²) in [5.41, 5.74) is 4.34. The molecule has 0 bridgehead atoms. The van der Waals surface area contributed by atoms with E-state index in [-0.39, 0.29) is 30.6 Å². The molecule has 1 atom stereocenters. The van der Waals surface area contributed by atoms with E-state index < -0.39 is 0 Å². The molecule has 0 saturated heterocycles. The minimum atomic E-state index is -0.250. The highest BCUT2D eigenvalue weighted by atomic mass is 16.3. The van der Waals surface area contributed by atoms with E-state index in [2.05, 4.69) is 33.0 Å². The average Bonchev–Trinajstić information content (AvgIpc) is 3.18. The molecule has 2 heterocycles. The van der Waals surface area contributed by atoms with Crippen LogP contribution in [0.5, 0.6) is 0 Å². The molecule has 3 aromatic rings. The second kappa shape index (κ2) is 8.83. The van der Waals surface area contributed by atoms with Gasteiger partial charge in [0.1, 0.15) is 5.69 Å². The molecule has 0 aliphatic carbocycles. The number of carbonyl (C=O) groups excluding carboxylic acids is 2. The number of anilines is 1. The first-order valence-electron chi connectivity index (χ1n) is 8.92. The van der Waals surface area contributed by atoms with Gasteiger partial charge in [0.2, 0.25) is 5.91 Å². The summed E-state index contributed by atoms with van der Waals surface area (Å²) in [6, 6.07) is 18.2. The van der Waals surface area contributed by atoms with E-state index in [9.17, 15) is 9.59 Å². The standard InChI is InChI=1S/C20H18N4O2.CH2O2/c1-21-20(26)18-17-15(11-16(25)22-19(17)24-23-18)14-9-7-13(8-10-14)12-5-3-2-4-6-12;2-1-3/h2-10,15H,11H2,1H3,(H,21,26)(H2,22,23,24,25);1H,(H,2,3). The fourth-order valence-corrected chi connectivity index (χ4v) is 3.38. The first-order valence-corrected chi connectivity index (χ1v) is 8.92. The van der Waals surface area contributed by atoms with Gasteiger partial charge >= 0.3 is 0 Å². The van der Waals surface area contributed by atoms with E-state index in [4.69, 9.17) is 9.90 Å². The van der Waals surface area contributed by atoms with Crippen molar-refractivity contribution in [1.29, 1.82) is 0 Å². The molecular formula is C21H20N4O4. The predicted molar refractivity (Wildman–Crippen MR) is 108 cm³/mol. The topological polar surface area (TPSA) is 124 Å². The summed E-state index contributed by atoms with van der Waals surface area (Å²) in [5, 5.41) is 19.1. The van der Waals surface area contributed by atoms with E-state index in [1.54, 1.807) is 7.05 Å². The minimum Gasteiger partial charge on any atom is -0.483 e. The molecule has 1 aliphatic heterocycles. The molecule has 29 heavy (non-hydrogen) atoms. The van der Waals surface area contributed by atoms with Crippen LogP contribution in [0.2, 0.25) is 0 Å². The molecule has 0 saturated carbocycles. The molecule has 8 nitrogen and oxygen atoms in total. The van der Waals surface area contributed by atoms with Crippen molar-refractivity contribution in [3.8, 4) is 11.1 Å². The number of nitrogens with zero attached hydrogens (tertiary/aromatic N) is 1. The van der Waals surface area contributed by atoms with Crippen LogP contribution in [-0.2, 0) is 9.59 Å². The lowest BCUT2D eigenvalue weighted by molar-refractivity contribution is -0.123. The zero-order valence-electron chi connectivity index (χ0n) is 15.7. The molecule has 1 aromatic heterocycles. The molecule has 0 spiro atoms. The molecular weight excluding hydrogens is 372 g/mol. The number of hydrogen-bond acceptors (Lipinski definition) is 4. The van der Waals surface area contributed by atoms with Crippen molar-refractivity contribution in [2.24, 2.45) is 0 Å². The smallest absolute Gasteiger partial charge is 0.290 e. The highest BCUT2D eigenvalue weighted by Gasteiger charge is 2.33. The summed E-state index contributed by atoms with van der Waals surface area (Å²) in [4.78, 5) is 32.6. The number of aromatic nitrogens is 2. The minimum absolute atomic E-state index is 0.107. The summed E-state index contributed by atoms with van der Waals surface area (Å²) in [6.07, 6.45) is 0.279. The summed E-state index contributed by atoms with van der Waals surface area (Å²) in [6.45, 7) is -0.250. The molecule has 2 aromatic carbocycles. The van der Waals surface area contributed by atoms with Crippen LogP contribution in [0, 0.1) is 0 Å². The van der Waals surface area contributed by atoms with Crippen LogP contribution in [-0.4, -0.2) is 40.6 Å². The molecule has 2 amide bonds. The van der Waals surface area contributed by atoms with Crippen LogP contribution in [0.3, 0.4) is 0 Å². The number of fused-ring (bicyclic) bond motifs is 1. The van der Waals surface area contributed by atoms with Crippen LogP contribution in [0.15, 0.2) is 54.6 Å². The fourth-order valence-electron chi connectivity index (χ4n) is 3.38. The SMILES string of the molecule is CNC(=O)c1[nH]nc2c1C(c1ccc(-c3ccccc3)cc1)CC(=O)N2.O=CO. The third kappa shape index (κ3) is 4.16. The van der Waals surface area contributed by atoms with Crippen LogP contribution in [0.25, 0.3) is 11.1 Å². The Morgan fingerprint density at radius 1 is 1.14 bits per heavy atom. The third-order valence-corrected chi connectivity index (χ3v) is 4.67. The molecule has 1 aliphatic rings. The second-order valence-corrected chi connectivity index (χ2v) is 6.34. The van der Waals surface area contributed by atoms with Crippen LogP contribution in [0.1, 0.15) is 34.0 Å². The molecule has 148 valence electrons. The lowest BCUT2D eigenvalue weighted by Gasteiger charge is -2.23. The van der Waals surface area contributed by atoms with Crippen molar-refractivity contribution in [2.75, 3.05) is 12.4 Å². The maximum atomic E-state index is 12.1. The van der Waals surface area contributed by atoms with Crippen molar-refractivity contribution in [3.05, 3.63) is 71.4 Å². The van der Waals surface area contributed by atoms with Gasteiger partial charge in [-0.25, -0.2) is 0 Å². The maximum absolute atomic E-state index is 12.1. The van der Waals surface area contributed by atoms with Gasteiger partial charge in [0.25, 0.3) is 12.4 Å². The van der Waals surface area contributed by atoms with Crippen LogP contribution in [0.4, 0.5) is 5.82 Å². The Bertz CT molecular complexity index is 1010. The van der Waals surface area contributed by atoms with Gasteiger partial charge in [0.15, 0.2) is 5.82 Å². The number of benzene rings is 2. The van der Waals surface area contributed by atoms with E-state index in [0.29, 0.717) is 11.5 Å². The fraction of sp³-hybridized carbons (Fsp3) is 0.143. The Morgan fingerprint density at radius 3 is 2.38 bits per heavy atom. The highest BCUT2D eigenvalue weighted by molar-refractivity contribution is 6.00. The summed E-state index contributed by atoms with van der Waals surface area (Å²) in [7, 11) is 1.57. The van der Waals surface area contributed by atoms with Crippen molar-refractivity contribution >= 4 is 24.1 Å². The number of H-pyrrole nitrogens is 1. The summed E-state index contributed by atoms with van der Waals surface area (Å²) in [5.74, 6) is -0.142. The normalized spacial score (nSPS) is 14.7. The highest BCUT2D eigenvalue weighted by Crippen LogP contribution is 2.38. The van der Waals surface area contributed by atoms with Gasteiger partial charge in [-0.3, -0.25) is 19.5 Å². The van der Waals surface area contributed by atoms with Gasteiger partial charge in [0, 0.05) is 24.9 Å². The number of carbonyl (C=O) groups is 3. The number of nitrogens with one attached hydrogen (secondary N) is 3. The number of amides is 2. The Morgan fingerprint density at radius 2 is 1.76 bits per heavy atom. The van der Waals surface area contributed by atoms with Crippen molar-refractivity contribution in [1.82, 2.24) is 15.5 Å². The van der Waals surface area contributed by atoms with E-state index in [1.807, 2.05) is 42.5 Å². The average molecular weight is 392 g/mol. The lowest BCUT2D eigenvalue weighted by Crippen LogP contribution is -2.26. The van der Waals surface area contributed by atoms with E-state index >= 15 is 0 Å². The molecule has 4 N–H and O–H groups in total. The lowest BCUT2D eigenvalue weighted by atomic mass is 9.85. The van der Waals surface area contributed by atoms with E-state index in [0.717, 1.165) is 22.3 Å². The summed E-state index contributed by atoms with van der Waals surface area (Å²) >= 11 is 0. The number of carboxylic acid groups (broad SMARTS) is 1. The Kier molecular flexibility index (Phi) is 6.03. The molecule has 8 heteroatoms.